The van der Waals surface area contributed by atoms with Crippen LogP contribution in [0.4, 0.5) is 5.69 Å². The predicted octanol–water partition coefficient (Wildman–Crippen LogP) is 6.96. The molecule has 1 aliphatic carbocycles. The number of carbonyl (C=O) groups excluding carboxylic acids is 1. The van der Waals surface area contributed by atoms with Crippen molar-refractivity contribution in [3.05, 3.63) is 70.9 Å². The summed E-state index contributed by atoms with van der Waals surface area (Å²) in [5, 5.41) is 8.01. The molecule has 0 unspecified atom stereocenters. The van der Waals surface area contributed by atoms with E-state index in [1.807, 2.05) is 37.4 Å². The number of halogens is 1. The first kappa shape index (κ1) is 22.5. The number of nitrogens with one attached hydrogen (secondary N) is 3. The molecular formula is C28H29ClN4O. The number of carbonyl (C=O) groups is 1. The molecule has 0 radical (unpaired) electrons. The summed E-state index contributed by atoms with van der Waals surface area (Å²) >= 11 is 6.67. The smallest absolute Gasteiger partial charge is 0.251 e. The summed E-state index contributed by atoms with van der Waals surface area (Å²) in [6.45, 7) is 2.08. The third-order valence-corrected chi connectivity index (χ3v) is 7.11. The maximum atomic E-state index is 13.0. The summed E-state index contributed by atoms with van der Waals surface area (Å²) in [7, 11) is 1.92. The number of anilines is 1. The fraction of sp³-hybridized carbons (Fsp3) is 0.286. The number of nitrogens with zero attached hydrogens (tertiary/aromatic N) is 1. The highest BCUT2D eigenvalue weighted by Gasteiger charge is 2.21. The van der Waals surface area contributed by atoms with E-state index < -0.39 is 0 Å². The molecule has 1 saturated carbocycles. The van der Waals surface area contributed by atoms with E-state index in [4.69, 9.17) is 11.6 Å². The first-order chi connectivity index (χ1) is 16.5. The number of benzene rings is 2. The molecule has 2 aromatic heterocycles. The molecule has 1 aliphatic rings. The van der Waals surface area contributed by atoms with Gasteiger partial charge < -0.3 is 15.6 Å². The van der Waals surface area contributed by atoms with Crippen molar-refractivity contribution in [2.45, 2.75) is 45.1 Å². The Hall–Kier alpha value is -3.31. The van der Waals surface area contributed by atoms with Crippen molar-refractivity contribution in [3.8, 4) is 22.4 Å². The molecule has 3 N–H and O–H groups in total. The van der Waals surface area contributed by atoms with E-state index in [0.29, 0.717) is 10.6 Å². The second-order valence-electron chi connectivity index (χ2n) is 9.06. The van der Waals surface area contributed by atoms with Crippen LogP contribution in [0.25, 0.3) is 33.4 Å². The molecule has 0 aliphatic heterocycles. The van der Waals surface area contributed by atoms with Crippen LogP contribution in [0.5, 0.6) is 0 Å². The van der Waals surface area contributed by atoms with Gasteiger partial charge in [-0.05, 0) is 60.7 Å². The Morgan fingerprint density at radius 2 is 1.88 bits per heavy atom. The van der Waals surface area contributed by atoms with Crippen LogP contribution in [0, 0.1) is 6.92 Å². The lowest BCUT2D eigenvalue weighted by Crippen LogP contribution is -2.36. The first-order valence-electron chi connectivity index (χ1n) is 11.9. The average molecular weight is 473 g/mol. The van der Waals surface area contributed by atoms with Crippen LogP contribution in [-0.2, 0) is 0 Å². The fourth-order valence-corrected chi connectivity index (χ4v) is 5.20. The molecule has 0 spiro atoms. The van der Waals surface area contributed by atoms with Gasteiger partial charge in [0.1, 0.15) is 5.65 Å². The predicted molar refractivity (Wildman–Crippen MR) is 141 cm³/mol. The zero-order valence-corrected chi connectivity index (χ0v) is 20.3. The van der Waals surface area contributed by atoms with E-state index in [9.17, 15) is 4.79 Å². The second kappa shape index (κ2) is 9.51. The molecule has 2 aromatic carbocycles. The lowest BCUT2D eigenvalue weighted by atomic mass is 9.94. The van der Waals surface area contributed by atoms with Crippen LogP contribution in [0.2, 0.25) is 5.02 Å². The van der Waals surface area contributed by atoms with Crippen molar-refractivity contribution < 1.29 is 4.79 Å². The van der Waals surface area contributed by atoms with E-state index in [0.717, 1.165) is 51.9 Å². The van der Waals surface area contributed by atoms with Gasteiger partial charge in [-0.15, -0.1) is 0 Å². The van der Waals surface area contributed by atoms with Crippen LogP contribution in [0.1, 0.15) is 48.0 Å². The lowest BCUT2D eigenvalue weighted by Gasteiger charge is -2.22. The maximum absolute atomic E-state index is 13.0. The molecule has 5 nitrogen and oxygen atoms in total. The Kier molecular flexibility index (Phi) is 6.29. The third kappa shape index (κ3) is 4.28. The van der Waals surface area contributed by atoms with Crippen LogP contribution < -0.4 is 10.6 Å². The van der Waals surface area contributed by atoms with Crippen LogP contribution in [0.3, 0.4) is 0 Å². The number of fused-ring (bicyclic) bond motifs is 1. The van der Waals surface area contributed by atoms with Gasteiger partial charge >= 0.3 is 0 Å². The molecule has 0 saturated heterocycles. The molecule has 4 aromatic rings. The summed E-state index contributed by atoms with van der Waals surface area (Å²) in [6.07, 6.45) is 7.45. The van der Waals surface area contributed by atoms with Crippen LogP contribution >= 0.6 is 11.6 Å². The summed E-state index contributed by atoms with van der Waals surface area (Å²) in [6, 6.07) is 16.2. The Morgan fingerprint density at radius 1 is 1.06 bits per heavy atom. The number of aromatic nitrogens is 2. The minimum absolute atomic E-state index is 0.0182. The Labute approximate surface area is 204 Å². The minimum atomic E-state index is -0.0182. The molecule has 5 rings (SSSR count). The number of rotatable bonds is 5. The van der Waals surface area contributed by atoms with Crippen molar-refractivity contribution in [1.29, 1.82) is 0 Å². The van der Waals surface area contributed by atoms with Gasteiger partial charge in [0.15, 0.2) is 0 Å². The molecule has 6 heteroatoms. The molecule has 1 fully saturated rings. The van der Waals surface area contributed by atoms with Gasteiger partial charge in [0.05, 0.1) is 10.7 Å². The van der Waals surface area contributed by atoms with E-state index in [1.165, 1.54) is 24.8 Å². The average Bonchev–Trinajstić information content (AvgIpc) is 3.26. The van der Waals surface area contributed by atoms with E-state index in [1.54, 1.807) is 6.20 Å². The zero-order chi connectivity index (χ0) is 23.7. The summed E-state index contributed by atoms with van der Waals surface area (Å²) < 4.78 is 0. The van der Waals surface area contributed by atoms with Gasteiger partial charge in [0, 0.05) is 41.5 Å². The molecule has 2 heterocycles. The summed E-state index contributed by atoms with van der Waals surface area (Å²) in [4.78, 5) is 21.0. The standard InChI is InChI=1S/C28H29ClN4O/c1-17-11-12-18(16-23(17)30-2)24-25-22(29)13-14-31-27(25)33-26(24)19-7-6-8-20(15-19)28(34)32-21-9-4-3-5-10-21/h6-8,11-16,21,30H,3-5,9-10H2,1-2H3,(H,31,33)(H,32,34). The second-order valence-corrected chi connectivity index (χ2v) is 9.47. The van der Waals surface area contributed by atoms with Gasteiger partial charge in [0.25, 0.3) is 5.91 Å². The van der Waals surface area contributed by atoms with Crippen molar-refractivity contribution >= 4 is 34.2 Å². The number of aryl methyl sites for hydroxylation is 1. The number of hydrogen-bond acceptors (Lipinski definition) is 3. The quantitative estimate of drug-likeness (QED) is 0.294. The Morgan fingerprint density at radius 3 is 2.68 bits per heavy atom. The highest BCUT2D eigenvalue weighted by atomic mass is 35.5. The molecule has 1 amide bonds. The van der Waals surface area contributed by atoms with Gasteiger partial charge in [0.2, 0.25) is 0 Å². The van der Waals surface area contributed by atoms with Gasteiger partial charge in [-0.25, -0.2) is 4.98 Å². The highest BCUT2D eigenvalue weighted by Crippen LogP contribution is 2.41. The monoisotopic (exact) mass is 472 g/mol. The lowest BCUT2D eigenvalue weighted by molar-refractivity contribution is 0.0927. The highest BCUT2D eigenvalue weighted by molar-refractivity contribution is 6.36. The Balaban J connectivity index is 1.61. The summed E-state index contributed by atoms with van der Waals surface area (Å²) in [5.41, 5.74) is 7.43. The van der Waals surface area contributed by atoms with Gasteiger partial charge in [-0.2, -0.15) is 0 Å². The van der Waals surface area contributed by atoms with E-state index >= 15 is 0 Å². The largest absolute Gasteiger partial charge is 0.388 e. The Bertz CT molecular complexity index is 1350. The SMILES string of the molecule is CNc1cc(-c2c(-c3cccc(C(=O)NC4CCCCC4)c3)[nH]c3nccc(Cl)c23)ccc1C. The van der Waals surface area contributed by atoms with Crippen molar-refractivity contribution in [2.24, 2.45) is 0 Å². The van der Waals surface area contributed by atoms with Crippen LogP contribution in [0.15, 0.2) is 54.7 Å². The van der Waals surface area contributed by atoms with Crippen molar-refractivity contribution in [1.82, 2.24) is 15.3 Å². The van der Waals surface area contributed by atoms with Crippen LogP contribution in [-0.4, -0.2) is 29.0 Å². The van der Waals surface area contributed by atoms with Gasteiger partial charge in [-0.1, -0.05) is 55.1 Å². The molecule has 0 bridgehead atoms. The van der Waals surface area contributed by atoms with Crippen molar-refractivity contribution in [2.75, 3.05) is 12.4 Å². The fourth-order valence-electron chi connectivity index (χ4n) is 4.96. The van der Waals surface area contributed by atoms with Gasteiger partial charge in [-0.3, -0.25) is 4.79 Å². The maximum Gasteiger partial charge on any atom is 0.251 e. The third-order valence-electron chi connectivity index (χ3n) is 6.79. The normalized spacial score (nSPS) is 14.3. The number of H-pyrrole nitrogens is 1. The molecule has 174 valence electrons. The van der Waals surface area contributed by atoms with Crippen molar-refractivity contribution in [3.63, 3.8) is 0 Å². The van der Waals surface area contributed by atoms with E-state index in [-0.39, 0.29) is 11.9 Å². The topological polar surface area (TPSA) is 69.8 Å². The molecular weight excluding hydrogens is 444 g/mol. The zero-order valence-electron chi connectivity index (χ0n) is 19.5. The molecule has 34 heavy (non-hydrogen) atoms. The first-order valence-corrected chi connectivity index (χ1v) is 12.3. The molecule has 0 atom stereocenters. The number of hydrogen-bond donors (Lipinski definition) is 3. The number of amides is 1. The number of aromatic amines is 1. The number of pyridine rings is 1. The van der Waals surface area contributed by atoms with E-state index in [2.05, 4.69) is 45.7 Å². The minimum Gasteiger partial charge on any atom is -0.388 e. The summed E-state index contributed by atoms with van der Waals surface area (Å²) in [5.74, 6) is -0.0182.